The van der Waals surface area contributed by atoms with E-state index in [2.05, 4.69) is 31.9 Å². The molecule has 2 N–H and O–H groups in total. The number of carbonyl (C=O) groups excluding carboxylic acids is 1. The fraction of sp³-hybridized carbons (Fsp3) is 0.417. The predicted octanol–water partition coefficient (Wildman–Crippen LogP) is 3.09. The molecule has 5 heteroatoms. The molecule has 0 spiro atoms. The van der Waals surface area contributed by atoms with Crippen LogP contribution in [0.3, 0.4) is 0 Å². The predicted molar refractivity (Wildman–Crippen MR) is 77.5 cm³/mol. The number of rotatable bonds is 2. The molecule has 1 aliphatic heterocycles. The summed E-state index contributed by atoms with van der Waals surface area (Å²) < 4.78 is 0.953. The SMILES string of the molecule is Cc1cc(Br)cc(N2CC(CBr)CC2=O)c1N. The van der Waals surface area contributed by atoms with Gasteiger partial charge in [-0.2, -0.15) is 0 Å². The van der Waals surface area contributed by atoms with Crippen LogP contribution in [0.2, 0.25) is 0 Å². The first kappa shape index (κ1) is 12.9. The third kappa shape index (κ3) is 2.50. The van der Waals surface area contributed by atoms with E-state index in [4.69, 9.17) is 5.73 Å². The van der Waals surface area contributed by atoms with Crippen molar-refractivity contribution in [3.05, 3.63) is 22.2 Å². The van der Waals surface area contributed by atoms with Gasteiger partial charge in [0.05, 0.1) is 11.4 Å². The van der Waals surface area contributed by atoms with Crippen LogP contribution in [0.1, 0.15) is 12.0 Å². The number of nitrogens with two attached hydrogens (primary N) is 1. The molecule has 1 amide bonds. The number of aryl methyl sites for hydroxylation is 1. The van der Waals surface area contributed by atoms with Crippen LogP contribution in [0.4, 0.5) is 11.4 Å². The maximum atomic E-state index is 12.0. The number of halogens is 2. The van der Waals surface area contributed by atoms with Crippen molar-refractivity contribution >= 4 is 49.1 Å². The van der Waals surface area contributed by atoms with E-state index in [0.717, 1.165) is 27.6 Å². The fourth-order valence-electron chi connectivity index (χ4n) is 2.08. The molecule has 1 aliphatic rings. The lowest BCUT2D eigenvalue weighted by atomic mass is 10.1. The van der Waals surface area contributed by atoms with Crippen molar-refractivity contribution in [2.75, 3.05) is 22.5 Å². The minimum absolute atomic E-state index is 0.152. The molecule has 1 heterocycles. The molecule has 1 fully saturated rings. The van der Waals surface area contributed by atoms with Crippen LogP contribution in [0, 0.1) is 12.8 Å². The molecular formula is C12H14Br2N2O. The van der Waals surface area contributed by atoms with Crippen molar-refractivity contribution < 1.29 is 4.79 Å². The van der Waals surface area contributed by atoms with Crippen molar-refractivity contribution in [3.8, 4) is 0 Å². The van der Waals surface area contributed by atoms with Crippen LogP contribution in [0.5, 0.6) is 0 Å². The van der Waals surface area contributed by atoms with Crippen molar-refractivity contribution in [1.82, 2.24) is 0 Å². The van der Waals surface area contributed by atoms with E-state index in [-0.39, 0.29) is 5.91 Å². The highest BCUT2D eigenvalue weighted by atomic mass is 79.9. The van der Waals surface area contributed by atoms with Gasteiger partial charge in [0.15, 0.2) is 0 Å². The van der Waals surface area contributed by atoms with Gasteiger partial charge in [-0.1, -0.05) is 31.9 Å². The average Bonchev–Trinajstić information content (AvgIpc) is 2.65. The monoisotopic (exact) mass is 360 g/mol. The highest BCUT2D eigenvalue weighted by Crippen LogP contribution is 2.34. The highest BCUT2D eigenvalue weighted by Gasteiger charge is 2.31. The Morgan fingerprint density at radius 3 is 2.82 bits per heavy atom. The summed E-state index contributed by atoms with van der Waals surface area (Å²) in [5.41, 5.74) is 8.56. The minimum Gasteiger partial charge on any atom is -0.397 e. The van der Waals surface area contributed by atoms with Gasteiger partial charge in [0.25, 0.3) is 0 Å². The Morgan fingerprint density at radius 1 is 1.53 bits per heavy atom. The third-order valence-corrected chi connectivity index (χ3v) is 4.42. The van der Waals surface area contributed by atoms with Crippen LogP contribution in [0.15, 0.2) is 16.6 Å². The van der Waals surface area contributed by atoms with Crippen LogP contribution >= 0.6 is 31.9 Å². The van der Waals surface area contributed by atoms with Gasteiger partial charge in [0, 0.05) is 22.8 Å². The van der Waals surface area contributed by atoms with Crippen molar-refractivity contribution in [2.24, 2.45) is 5.92 Å². The number of nitrogens with zero attached hydrogens (tertiary/aromatic N) is 1. The Hall–Kier alpha value is -0.550. The van der Waals surface area contributed by atoms with Crippen molar-refractivity contribution in [3.63, 3.8) is 0 Å². The second-order valence-electron chi connectivity index (χ2n) is 4.38. The van der Waals surface area contributed by atoms with Crippen LogP contribution in [0.25, 0.3) is 0 Å². The Balaban J connectivity index is 2.38. The summed E-state index contributed by atoms with van der Waals surface area (Å²) in [4.78, 5) is 13.7. The molecule has 0 aliphatic carbocycles. The average molecular weight is 362 g/mol. The normalized spacial score (nSPS) is 20.1. The Kier molecular flexibility index (Phi) is 3.78. The maximum absolute atomic E-state index is 12.0. The largest absolute Gasteiger partial charge is 0.397 e. The van der Waals surface area contributed by atoms with Gasteiger partial charge in [-0.3, -0.25) is 4.79 Å². The van der Waals surface area contributed by atoms with Gasteiger partial charge in [0.2, 0.25) is 5.91 Å². The summed E-state index contributed by atoms with van der Waals surface area (Å²) in [7, 11) is 0. The molecule has 1 atom stereocenters. The second-order valence-corrected chi connectivity index (χ2v) is 5.95. The van der Waals surface area contributed by atoms with E-state index in [1.54, 1.807) is 4.90 Å². The standard InChI is InChI=1S/C12H14Br2N2O/c1-7-2-9(14)4-10(12(7)15)16-6-8(5-13)3-11(16)17/h2,4,8H,3,5-6,15H2,1H3. The number of benzene rings is 1. The number of hydrogen-bond acceptors (Lipinski definition) is 2. The van der Waals surface area contributed by atoms with E-state index in [9.17, 15) is 4.79 Å². The summed E-state index contributed by atoms with van der Waals surface area (Å²) >= 11 is 6.88. The van der Waals surface area contributed by atoms with Gasteiger partial charge in [-0.25, -0.2) is 0 Å². The lowest BCUT2D eigenvalue weighted by molar-refractivity contribution is -0.117. The zero-order valence-electron chi connectivity index (χ0n) is 9.54. The first-order valence-corrected chi connectivity index (χ1v) is 7.36. The summed E-state index contributed by atoms with van der Waals surface area (Å²) in [6, 6.07) is 3.87. The summed E-state index contributed by atoms with van der Waals surface area (Å²) in [5, 5.41) is 0.849. The number of alkyl halides is 1. The number of carbonyl (C=O) groups is 1. The molecule has 2 rings (SSSR count). The molecule has 17 heavy (non-hydrogen) atoms. The molecule has 0 aromatic heterocycles. The molecule has 1 aromatic carbocycles. The van der Waals surface area contributed by atoms with E-state index in [1.807, 2.05) is 19.1 Å². The van der Waals surface area contributed by atoms with Gasteiger partial charge in [-0.15, -0.1) is 0 Å². The lowest BCUT2D eigenvalue weighted by Gasteiger charge is -2.20. The van der Waals surface area contributed by atoms with Crippen molar-refractivity contribution in [2.45, 2.75) is 13.3 Å². The van der Waals surface area contributed by atoms with Crippen LogP contribution in [-0.2, 0) is 4.79 Å². The molecule has 1 saturated heterocycles. The van der Waals surface area contributed by atoms with E-state index in [1.165, 1.54) is 0 Å². The van der Waals surface area contributed by atoms with Crippen LogP contribution in [-0.4, -0.2) is 17.8 Å². The zero-order chi connectivity index (χ0) is 12.6. The molecule has 1 unspecified atom stereocenters. The minimum atomic E-state index is 0.152. The first-order valence-electron chi connectivity index (χ1n) is 5.45. The molecule has 92 valence electrons. The van der Waals surface area contributed by atoms with Crippen molar-refractivity contribution in [1.29, 1.82) is 0 Å². The quantitative estimate of drug-likeness (QED) is 0.649. The van der Waals surface area contributed by atoms with Crippen LogP contribution < -0.4 is 10.6 Å². The van der Waals surface area contributed by atoms with Gasteiger partial charge < -0.3 is 10.6 Å². The van der Waals surface area contributed by atoms with E-state index < -0.39 is 0 Å². The molecule has 3 nitrogen and oxygen atoms in total. The maximum Gasteiger partial charge on any atom is 0.227 e. The number of amides is 1. The number of anilines is 2. The fourth-order valence-corrected chi connectivity index (χ4v) is 3.07. The van der Waals surface area contributed by atoms with Gasteiger partial charge in [-0.05, 0) is 30.5 Å². The summed E-state index contributed by atoms with van der Waals surface area (Å²) in [6.45, 7) is 2.69. The zero-order valence-corrected chi connectivity index (χ0v) is 12.7. The molecule has 0 saturated carbocycles. The summed E-state index contributed by atoms with van der Waals surface area (Å²) in [6.07, 6.45) is 0.594. The molecule has 0 bridgehead atoms. The van der Waals surface area contributed by atoms with Gasteiger partial charge in [0.1, 0.15) is 0 Å². The Morgan fingerprint density at radius 2 is 2.24 bits per heavy atom. The Labute approximate surface area is 118 Å². The Bertz CT molecular complexity index is 462. The second kappa shape index (κ2) is 4.98. The first-order chi connectivity index (χ1) is 8.02. The topological polar surface area (TPSA) is 46.3 Å². The van der Waals surface area contributed by atoms with Gasteiger partial charge >= 0.3 is 0 Å². The lowest BCUT2D eigenvalue weighted by Crippen LogP contribution is -2.25. The number of nitrogen functional groups attached to an aromatic ring is 1. The van der Waals surface area contributed by atoms with E-state index >= 15 is 0 Å². The smallest absolute Gasteiger partial charge is 0.227 e. The molecular weight excluding hydrogens is 348 g/mol. The summed E-state index contributed by atoms with van der Waals surface area (Å²) in [5.74, 6) is 0.528. The van der Waals surface area contributed by atoms with E-state index in [0.29, 0.717) is 18.0 Å². The highest BCUT2D eigenvalue weighted by molar-refractivity contribution is 9.10. The third-order valence-electron chi connectivity index (χ3n) is 3.04. The molecule has 1 aromatic rings. The number of hydrogen-bond donors (Lipinski definition) is 1. The molecule has 0 radical (unpaired) electrons.